The Hall–Kier alpha value is -2.75. The number of nitrogens with zero attached hydrogens (tertiary/aromatic N) is 5. The molecule has 0 saturated carbocycles. The summed E-state index contributed by atoms with van der Waals surface area (Å²) in [6.07, 6.45) is 1.46. The van der Waals surface area contributed by atoms with Crippen LogP contribution in [0.3, 0.4) is 0 Å². The second kappa shape index (κ2) is 8.78. The number of methoxy groups -OCH3 is 1. The second-order valence-corrected chi connectivity index (χ2v) is 8.65. The normalized spacial score (nSPS) is 14.8. The fourth-order valence-electron chi connectivity index (χ4n) is 4.03. The molecule has 0 radical (unpaired) electrons. The van der Waals surface area contributed by atoms with Crippen molar-refractivity contribution in [2.24, 2.45) is 0 Å². The molecule has 9 heteroatoms. The number of fused-ring (bicyclic) bond motifs is 3. The van der Waals surface area contributed by atoms with Crippen LogP contribution in [0.5, 0.6) is 5.75 Å². The van der Waals surface area contributed by atoms with Crippen molar-refractivity contribution < 1.29 is 4.74 Å². The first-order valence-electron chi connectivity index (χ1n) is 10.1. The van der Waals surface area contributed by atoms with Gasteiger partial charge in [0.25, 0.3) is 0 Å². The molecule has 4 aromatic rings. The van der Waals surface area contributed by atoms with Gasteiger partial charge in [-0.25, -0.2) is 9.78 Å². The van der Waals surface area contributed by atoms with Gasteiger partial charge in [-0.3, -0.25) is 9.47 Å². The molecule has 1 aliphatic heterocycles. The van der Waals surface area contributed by atoms with Gasteiger partial charge in [-0.05, 0) is 30.2 Å². The van der Waals surface area contributed by atoms with Crippen LogP contribution in [0.15, 0.2) is 35.4 Å². The van der Waals surface area contributed by atoms with E-state index < -0.39 is 0 Å². The molecule has 3 aromatic heterocycles. The second-order valence-electron chi connectivity index (χ2n) is 7.57. The molecule has 1 saturated heterocycles. The lowest BCUT2D eigenvalue weighted by atomic mass is 10.2. The Morgan fingerprint density at radius 2 is 1.90 bits per heavy atom. The highest BCUT2D eigenvalue weighted by Crippen LogP contribution is 2.33. The van der Waals surface area contributed by atoms with Gasteiger partial charge in [0.2, 0.25) is 0 Å². The predicted octanol–water partition coefficient (Wildman–Crippen LogP) is 2.51. The highest BCUT2D eigenvalue weighted by Gasteiger charge is 2.21. The van der Waals surface area contributed by atoms with E-state index in [4.69, 9.17) is 4.74 Å². The highest BCUT2D eigenvalue weighted by atomic mass is 32.1. The largest absolute Gasteiger partial charge is 0.497 e. The van der Waals surface area contributed by atoms with Crippen LogP contribution >= 0.6 is 11.3 Å². The van der Waals surface area contributed by atoms with Crippen LogP contribution in [0.1, 0.15) is 23.4 Å². The van der Waals surface area contributed by atoms with E-state index in [1.165, 1.54) is 21.3 Å². The monoisotopic (exact) mass is 440 g/mol. The quantitative estimate of drug-likeness (QED) is 0.514. The summed E-state index contributed by atoms with van der Waals surface area (Å²) >= 11 is 1.70. The SMILES string of the molecule is C.COc1ccc(Cn2c(=O)n3ncnc3c3c(C)c(CN4CCNCC4)sc32)cc1. The number of hydrogen-bond donors (Lipinski definition) is 1. The van der Waals surface area contributed by atoms with Crippen molar-refractivity contribution in [2.75, 3.05) is 33.3 Å². The number of ether oxygens (including phenoxy) is 1. The zero-order valence-corrected chi connectivity index (χ0v) is 17.9. The maximum absolute atomic E-state index is 13.2. The number of aromatic nitrogens is 4. The Balaban J connectivity index is 0.00000231. The molecule has 0 bridgehead atoms. The van der Waals surface area contributed by atoms with Crippen LogP contribution in [-0.4, -0.2) is 57.4 Å². The highest BCUT2D eigenvalue weighted by molar-refractivity contribution is 7.19. The van der Waals surface area contributed by atoms with Crippen molar-refractivity contribution in [3.05, 3.63) is 57.1 Å². The van der Waals surface area contributed by atoms with Crippen LogP contribution in [0.25, 0.3) is 15.9 Å². The molecule has 8 nitrogen and oxygen atoms in total. The number of piperazine rings is 1. The zero-order chi connectivity index (χ0) is 20.7. The lowest BCUT2D eigenvalue weighted by Gasteiger charge is -2.26. The molecule has 31 heavy (non-hydrogen) atoms. The smallest absolute Gasteiger partial charge is 0.352 e. The van der Waals surface area contributed by atoms with Gasteiger partial charge < -0.3 is 10.1 Å². The molecule has 0 atom stereocenters. The van der Waals surface area contributed by atoms with Gasteiger partial charge >= 0.3 is 5.69 Å². The van der Waals surface area contributed by atoms with Crippen molar-refractivity contribution >= 4 is 27.2 Å². The molecule has 0 spiro atoms. The third kappa shape index (κ3) is 3.84. The standard InChI is InChI=1S/C21H24N6O2S.CH4/c1-14-17(12-25-9-7-22-8-10-25)30-20-18(14)19-23-13-24-27(19)21(28)26(20)11-15-3-5-16(29-2)6-4-15;/h3-6,13,22H,7-12H2,1-2H3;1H4. The molecule has 5 rings (SSSR count). The molecular weight excluding hydrogens is 412 g/mol. The Labute approximate surface area is 185 Å². The molecule has 4 heterocycles. The number of aryl methyl sites for hydroxylation is 1. The van der Waals surface area contributed by atoms with Crippen LogP contribution < -0.4 is 15.7 Å². The number of rotatable bonds is 5. The summed E-state index contributed by atoms with van der Waals surface area (Å²) < 4.78 is 8.49. The van der Waals surface area contributed by atoms with E-state index >= 15 is 0 Å². The Kier molecular flexibility index (Phi) is 6.08. The first-order valence-corrected chi connectivity index (χ1v) is 10.9. The summed E-state index contributed by atoms with van der Waals surface area (Å²) in [7, 11) is 1.65. The van der Waals surface area contributed by atoms with Crippen molar-refractivity contribution in [1.29, 1.82) is 0 Å². The van der Waals surface area contributed by atoms with Gasteiger partial charge in [-0.1, -0.05) is 19.6 Å². The number of thiophene rings is 1. The predicted molar refractivity (Wildman–Crippen MR) is 124 cm³/mol. The molecule has 0 amide bonds. The topological polar surface area (TPSA) is 76.7 Å². The Bertz CT molecular complexity index is 1250. The van der Waals surface area contributed by atoms with Crippen molar-refractivity contribution in [3.63, 3.8) is 0 Å². The average molecular weight is 441 g/mol. The molecule has 1 aliphatic rings. The van der Waals surface area contributed by atoms with Crippen LogP contribution in [0, 0.1) is 6.92 Å². The summed E-state index contributed by atoms with van der Waals surface area (Å²) in [5.41, 5.74) is 2.70. The minimum atomic E-state index is -0.166. The molecule has 0 unspecified atom stereocenters. The van der Waals surface area contributed by atoms with Gasteiger partial charge in [0, 0.05) is 37.6 Å². The van der Waals surface area contributed by atoms with E-state index in [0.717, 1.165) is 54.3 Å². The van der Waals surface area contributed by atoms with E-state index in [9.17, 15) is 4.79 Å². The third-order valence-electron chi connectivity index (χ3n) is 5.73. The summed E-state index contributed by atoms with van der Waals surface area (Å²) in [6, 6.07) is 7.82. The first-order chi connectivity index (χ1) is 14.7. The molecular formula is C22H28N6O2S. The molecule has 1 fully saturated rings. The molecule has 164 valence electrons. The van der Waals surface area contributed by atoms with Gasteiger partial charge in [-0.15, -0.1) is 11.3 Å². The Morgan fingerprint density at radius 3 is 2.61 bits per heavy atom. The lowest BCUT2D eigenvalue weighted by Crippen LogP contribution is -2.42. The maximum Gasteiger partial charge on any atom is 0.352 e. The zero-order valence-electron chi connectivity index (χ0n) is 17.1. The van der Waals surface area contributed by atoms with E-state index in [1.807, 2.05) is 28.8 Å². The van der Waals surface area contributed by atoms with E-state index in [2.05, 4.69) is 27.2 Å². The van der Waals surface area contributed by atoms with Crippen molar-refractivity contribution in [3.8, 4) is 5.75 Å². The van der Waals surface area contributed by atoms with E-state index in [-0.39, 0.29) is 13.1 Å². The van der Waals surface area contributed by atoms with Crippen molar-refractivity contribution in [1.82, 2.24) is 29.4 Å². The summed E-state index contributed by atoms with van der Waals surface area (Å²) in [4.78, 5) is 22.3. The van der Waals surface area contributed by atoms with Gasteiger partial charge in [0.1, 0.15) is 16.9 Å². The molecule has 1 N–H and O–H groups in total. The number of benzene rings is 1. The minimum Gasteiger partial charge on any atom is -0.497 e. The molecule has 1 aromatic carbocycles. The third-order valence-corrected chi connectivity index (χ3v) is 7.03. The Morgan fingerprint density at radius 1 is 1.16 bits per heavy atom. The number of nitrogens with one attached hydrogen (secondary N) is 1. The summed E-state index contributed by atoms with van der Waals surface area (Å²) in [5.74, 6) is 0.799. The van der Waals surface area contributed by atoms with Gasteiger partial charge in [0.15, 0.2) is 5.65 Å². The molecule has 0 aliphatic carbocycles. The van der Waals surface area contributed by atoms with Crippen LogP contribution in [0.4, 0.5) is 0 Å². The minimum absolute atomic E-state index is 0. The van der Waals surface area contributed by atoms with Crippen LogP contribution in [-0.2, 0) is 13.1 Å². The summed E-state index contributed by atoms with van der Waals surface area (Å²) in [5, 5.41) is 8.63. The van der Waals surface area contributed by atoms with Crippen molar-refractivity contribution in [2.45, 2.75) is 27.4 Å². The first kappa shape index (κ1) is 21.5. The summed E-state index contributed by atoms with van der Waals surface area (Å²) in [6.45, 7) is 7.60. The number of hydrogen-bond acceptors (Lipinski definition) is 7. The maximum atomic E-state index is 13.2. The lowest BCUT2D eigenvalue weighted by molar-refractivity contribution is 0.235. The van der Waals surface area contributed by atoms with E-state index in [0.29, 0.717) is 12.2 Å². The average Bonchev–Trinajstić information content (AvgIpc) is 3.38. The van der Waals surface area contributed by atoms with E-state index in [1.54, 1.807) is 18.4 Å². The van der Waals surface area contributed by atoms with Crippen LogP contribution in [0.2, 0.25) is 0 Å². The van der Waals surface area contributed by atoms with Gasteiger partial charge in [0.05, 0.1) is 19.0 Å². The fraction of sp³-hybridized carbons (Fsp3) is 0.409. The fourth-order valence-corrected chi connectivity index (χ4v) is 5.36. The van der Waals surface area contributed by atoms with Gasteiger partial charge in [-0.2, -0.15) is 9.61 Å².